The molecule has 0 amide bonds. The Hall–Kier alpha value is -1.09. The monoisotopic (exact) mass is 261 g/mol. The van der Waals surface area contributed by atoms with Gasteiger partial charge in [-0.25, -0.2) is 4.98 Å². The number of nitrogens with zero attached hydrogens (tertiary/aromatic N) is 3. The fourth-order valence-electron chi connectivity index (χ4n) is 3.04. The third-order valence-corrected chi connectivity index (χ3v) is 4.08. The molecule has 0 aromatic carbocycles. The zero-order valence-corrected chi connectivity index (χ0v) is 12.8. The van der Waals surface area contributed by atoms with Crippen molar-refractivity contribution in [3.05, 3.63) is 23.4 Å². The molecule has 0 aliphatic carbocycles. The van der Waals surface area contributed by atoms with E-state index in [0.717, 1.165) is 5.82 Å². The molecule has 0 spiro atoms. The van der Waals surface area contributed by atoms with Gasteiger partial charge >= 0.3 is 0 Å². The first-order chi connectivity index (χ1) is 9.13. The molecule has 0 unspecified atom stereocenters. The number of likely N-dealkylation sites (tertiary alicyclic amines) is 1. The van der Waals surface area contributed by atoms with Crippen molar-refractivity contribution in [3.63, 3.8) is 0 Å². The van der Waals surface area contributed by atoms with Crippen molar-refractivity contribution in [3.8, 4) is 0 Å². The van der Waals surface area contributed by atoms with Crippen LogP contribution < -0.4 is 4.90 Å². The second kappa shape index (κ2) is 6.38. The topological polar surface area (TPSA) is 19.4 Å². The molecule has 1 aliphatic rings. The second-order valence-corrected chi connectivity index (χ2v) is 5.84. The lowest BCUT2D eigenvalue weighted by Gasteiger charge is -2.36. The summed E-state index contributed by atoms with van der Waals surface area (Å²) in [6, 6.07) is 2.80. The zero-order valence-electron chi connectivity index (χ0n) is 12.8. The SMILES string of the molecule is CCCN1CCCC[C@H]1c1cnc(N(C)C)cc1C. The number of hydrogen-bond acceptors (Lipinski definition) is 3. The van der Waals surface area contributed by atoms with Gasteiger partial charge in [-0.1, -0.05) is 13.3 Å². The average molecular weight is 261 g/mol. The first-order valence-electron chi connectivity index (χ1n) is 7.51. The van der Waals surface area contributed by atoms with Crippen LogP contribution in [-0.2, 0) is 0 Å². The molecule has 1 aliphatic heterocycles. The summed E-state index contributed by atoms with van der Waals surface area (Å²) in [6.07, 6.45) is 7.31. The normalized spacial score (nSPS) is 20.5. The highest BCUT2D eigenvalue weighted by molar-refractivity contribution is 5.42. The molecule has 0 bridgehead atoms. The van der Waals surface area contributed by atoms with Crippen LogP contribution in [0.5, 0.6) is 0 Å². The fourth-order valence-corrected chi connectivity index (χ4v) is 3.04. The van der Waals surface area contributed by atoms with Crippen molar-refractivity contribution in [1.82, 2.24) is 9.88 Å². The van der Waals surface area contributed by atoms with E-state index in [4.69, 9.17) is 0 Å². The third-order valence-electron chi connectivity index (χ3n) is 4.08. The van der Waals surface area contributed by atoms with Crippen LogP contribution in [0.25, 0.3) is 0 Å². The highest BCUT2D eigenvalue weighted by Gasteiger charge is 2.24. The first kappa shape index (κ1) is 14.3. The molecule has 1 fully saturated rings. The van der Waals surface area contributed by atoms with E-state index in [9.17, 15) is 0 Å². The molecule has 3 heteroatoms. The van der Waals surface area contributed by atoms with Gasteiger partial charge in [-0.3, -0.25) is 4.90 Å². The predicted octanol–water partition coefficient (Wildman–Crippen LogP) is 3.39. The maximum atomic E-state index is 4.61. The van der Waals surface area contributed by atoms with Crippen LogP contribution in [0, 0.1) is 6.92 Å². The Morgan fingerprint density at radius 3 is 2.79 bits per heavy atom. The van der Waals surface area contributed by atoms with E-state index in [-0.39, 0.29) is 0 Å². The van der Waals surface area contributed by atoms with Crippen LogP contribution in [-0.4, -0.2) is 37.1 Å². The average Bonchev–Trinajstić information content (AvgIpc) is 2.40. The highest BCUT2D eigenvalue weighted by Crippen LogP contribution is 2.33. The summed E-state index contributed by atoms with van der Waals surface area (Å²) in [5.74, 6) is 1.05. The maximum Gasteiger partial charge on any atom is 0.128 e. The number of aromatic nitrogens is 1. The van der Waals surface area contributed by atoms with Crippen molar-refractivity contribution in [2.24, 2.45) is 0 Å². The molecule has 1 saturated heterocycles. The van der Waals surface area contributed by atoms with E-state index in [2.05, 4.69) is 40.9 Å². The van der Waals surface area contributed by atoms with Crippen LogP contribution in [0.1, 0.15) is 49.8 Å². The van der Waals surface area contributed by atoms with Gasteiger partial charge in [0.25, 0.3) is 0 Å². The van der Waals surface area contributed by atoms with Gasteiger partial charge in [0.1, 0.15) is 5.82 Å². The van der Waals surface area contributed by atoms with E-state index in [1.807, 2.05) is 14.1 Å². The summed E-state index contributed by atoms with van der Waals surface area (Å²) in [5, 5.41) is 0. The van der Waals surface area contributed by atoms with Crippen molar-refractivity contribution in [1.29, 1.82) is 0 Å². The first-order valence-corrected chi connectivity index (χ1v) is 7.51. The van der Waals surface area contributed by atoms with Crippen LogP contribution in [0.15, 0.2) is 12.3 Å². The predicted molar refractivity (Wildman–Crippen MR) is 81.8 cm³/mol. The summed E-state index contributed by atoms with van der Waals surface area (Å²) in [6.45, 7) is 6.95. The van der Waals surface area contributed by atoms with E-state index >= 15 is 0 Å². The van der Waals surface area contributed by atoms with E-state index in [1.54, 1.807) is 0 Å². The van der Waals surface area contributed by atoms with Crippen LogP contribution in [0.2, 0.25) is 0 Å². The largest absolute Gasteiger partial charge is 0.363 e. The zero-order chi connectivity index (χ0) is 13.8. The minimum atomic E-state index is 0.581. The Morgan fingerprint density at radius 1 is 1.37 bits per heavy atom. The lowest BCUT2D eigenvalue weighted by Crippen LogP contribution is -2.34. The molecule has 0 saturated carbocycles. The lowest BCUT2D eigenvalue weighted by molar-refractivity contribution is 0.148. The number of pyridine rings is 1. The fraction of sp³-hybridized carbons (Fsp3) is 0.688. The lowest BCUT2D eigenvalue weighted by atomic mass is 9.93. The molecule has 1 aromatic rings. The number of hydrogen-bond donors (Lipinski definition) is 0. The second-order valence-electron chi connectivity index (χ2n) is 5.84. The van der Waals surface area contributed by atoms with Gasteiger partial charge in [0, 0.05) is 26.3 Å². The summed E-state index contributed by atoms with van der Waals surface area (Å²) >= 11 is 0. The van der Waals surface area contributed by atoms with Gasteiger partial charge in [0.15, 0.2) is 0 Å². The highest BCUT2D eigenvalue weighted by atomic mass is 15.2. The van der Waals surface area contributed by atoms with Crippen LogP contribution in [0.4, 0.5) is 5.82 Å². The van der Waals surface area contributed by atoms with Crippen molar-refractivity contribution in [2.75, 3.05) is 32.1 Å². The molecule has 106 valence electrons. The summed E-state index contributed by atoms with van der Waals surface area (Å²) < 4.78 is 0. The Bertz CT molecular complexity index is 412. The molecule has 2 rings (SSSR count). The van der Waals surface area contributed by atoms with Gasteiger partial charge in [0.2, 0.25) is 0 Å². The molecule has 2 heterocycles. The summed E-state index contributed by atoms with van der Waals surface area (Å²) in [7, 11) is 4.09. The molecule has 0 radical (unpaired) electrons. The minimum absolute atomic E-state index is 0.581. The Labute approximate surface area is 117 Å². The molecular weight excluding hydrogens is 234 g/mol. The van der Waals surface area contributed by atoms with E-state index < -0.39 is 0 Å². The maximum absolute atomic E-state index is 4.61. The number of aryl methyl sites for hydroxylation is 1. The van der Waals surface area contributed by atoms with Gasteiger partial charge in [0.05, 0.1) is 0 Å². The standard InChI is InChI=1S/C16H27N3/c1-5-9-19-10-7-6-8-15(19)14-12-17-16(18(3)4)11-13(14)2/h11-12,15H,5-10H2,1-4H3/t15-/m0/s1. The molecule has 3 nitrogen and oxygen atoms in total. The quantitative estimate of drug-likeness (QED) is 0.828. The Morgan fingerprint density at radius 2 is 2.16 bits per heavy atom. The summed E-state index contributed by atoms with van der Waals surface area (Å²) in [4.78, 5) is 9.32. The van der Waals surface area contributed by atoms with Crippen molar-refractivity contribution >= 4 is 5.82 Å². The van der Waals surface area contributed by atoms with E-state index in [0.29, 0.717) is 6.04 Å². The van der Waals surface area contributed by atoms with Gasteiger partial charge < -0.3 is 4.90 Å². The van der Waals surface area contributed by atoms with Crippen molar-refractivity contribution < 1.29 is 0 Å². The number of rotatable bonds is 4. The molecule has 1 atom stereocenters. The molecule has 0 N–H and O–H groups in total. The third kappa shape index (κ3) is 3.27. The van der Waals surface area contributed by atoms with Gasteiger partial charge in [-0.15, -0.1) is 0 Å². The van der Waals surface area contributed by atoms with Crippen LogP contribution >= 0.6 is 0 Å². The molecule has 1 aromatic heterocycles. The Balaban J connectivity index is 2.23. The summed E-state index contributed by atoms with van der Waals surface area (Å²) in [5.41, 5.74) is 2.81. The van der Waals surface area contributed by atoms with Crippen molar-refractivity contribution in [2.45, 2.75) is 45.6 Å². The van der Waals surface area contributed by atoms with E-state index in [1.165, 1.54) is 49.9 Å². The number of piperidine rings is 1. The number of anilines is 1. The molecular formula is C16H27N3. The Kier molecular flexibility index (Phi) is 4.81. The van der Waals surface area contributed by atoms with Gasteiger partial charge in [-0.05, 0) is 56.5 Å². The minimum Gasteiger partial charge on any atom is -0.363 e. The van der Waals surface area contributed by atoms with Crippen LogP contribution in [0.3, 0.4) is 0 Å². The smallest absolute Gasteiger partial charge is 0.128 e. The van der Waals surface area contributed by atoms with Gasteiger partial charge in [-0.2, -0.15) is 0 Å². The molecule has 19 heavy (non-hydrogen) atoms.